The summed E-state index contributed by atoms with van der Waals surface area (Å²) in [6.07, 6.45) is 3.04. The molecule has 1 aliphatic carbocycles. The van der Waals surface area contributed by atoms with Gasteiger partial charge in [-0.25, -0.2) is 4.79 Å². The van der Waals surface area contributed by atoms with E-state index in [1.807, 2.05) is 30.3 Å². The van der Waals surface area contributed by atoms with Crippen molar-refractivity contribution in [2.75, 3.05) is 6.61 Å². The Labute approximate surface area is 134 Å². The van der Waals surface area contributed by atoms with E-state index in [4.69, 9.17) is 9.47 Å². The SMILES string of the molecule is CCOC(=O)[C@@]1(O)C2=C(CCCC2=O)O/C1=C\c1ccccc1. The number of ether oxygens (including phenoxy) is 2. The van der Waals surface area contributed by atoms with Gasteiger partial charge in [-0.1, -0.05) is 30.3 Å². The maximum Gasteiger partial charge on any atom is 0.351 e. The van der Waals surface area contributed by atoms with Crippen molar-refractivity contribution in [1.29, 1.82) is 0 Å². The van der Waals surface area contributed by atoms with Gasteiger partial charge in [0.25, 0.3) is 5.60 Å². The Bertz CT molecular complexity index is 701. The minimum absolute atomic E-state index is 0.0300. The fourth-order valence-corrected chi connectivity index (χ4v) is 2.92. The Balaban J connectivity index is 2.09. The van der Waals surface area contributed by atoms with Crippen LogP contribution in [0.3, 0.4) is 0 Å². The number of carbonyl (C=O) groups excluding carboxylic acids is 2. The summed E-state index contributed by atoms with van der Waals surface area (Å²) < 4.78 is 10.7. The number of benzene rings is 1. The summed E-state index contributed by atoms with van der Waals surface area (Å²) in [4.78, 5) is 24.7. The average molecular weight is 314 g/mol. The van der Waals surface area contributed by atoms with Crippen molar-refractivity contribution in [2.45, 2.75) is 31.8 Å². The highest BCUT2D eigenvalue weighted by Crippen LogP contribution is 2.44. The number of ketones is 1. The first kappa shape index (κ1) is 15.5. The largest absolute Gasteiger partial charge is 0.463 e. The third kappa shape index (κ3) is 2.57. The summed E-state index contributed by atoms with van der Waals surface area (Å²) >= 11 is 0. The molecule has 5 heteroatoms. The normalized spacial score (nSPS) is 25.3. The van der Waals surface area contributed by atoms with Crippen molar-refractivity contribution in [3.05, 3.63) is 53.0 Å². The Morgan fingerprint density at radius 1 is 1.35 bits per heavy atom. The van der Waals surface area contributed by atoms with Crippen LogP contribution in [0, 0.1) is 0 Å². The van der Waals surface area contributed by atoms with E-state index < -0.39 is 11.6 Å². The quantitative estimate of drug-likeness (QED) is 0.867. The number of allylic oxidation sites excluding steroid dienone is 1. The second-order valence-corrected chi connectivity index (χ2v) is 5.53. The molecule has 23 heavy (non-hydrogen) atoms. The summed E-state index contributed by atoms with van der Waals surface area (Å²) in [7, 11) is 0. The standard InChI is InChI=1S/C18H18O5/c1-2-22-17(20)18(21)15(11-12-7-4-3-5-8-12)23-14-10-6-9-13(19)16(14)18/h3-5,7-8,11,21H,2,6,9-10H2,1H3/b15-11-/t18-/m0/s1. The topological polar surface area (TPSA) is 72.8 Å². The lowest BCUT2D eigenvalue weighted by Gasteiger charge is -2.23. The Kier molecular flexibility index (Phi) is 4.05. The minimum atomic E-state index is -2.15. The first-order valence-electron chi connectivity index (χ1n) is 7.69. The molecule has 2 aliphatic rings. The zero-order chi connectivity index (χ0) is 16.4. The molecule has 0 saturated carbocycles. The zero-order valence-electron chi connectivity index (χ0n) is 12.9. The molecule has 0 radical (unpaired) electrons. The zero-order valence-corrected chi connectivity index (χ0v) is 12.9. The lowest BCUT2D eigenvalue weighted by molar-refractivity contribution is -0.159. The third-order valence-electron chi connectivity index (χ3n) is 3.99. The van der Waals surface area contributed by atoms with Crippen LogP contribution in [0.1, 0.15) is 31.7 Å². The van der Waals surface area contributed by atoms with Gasteiger partial charge in [-0.15, -0.1) is 0 Å². The number of hydrogen-bond acceptors (Lipinski definition) is 5. The van der Waals surface area contributed by atoms with Crippen LogP contribution in [0.5, 0.6) is 0 Å². The van der Waals surface area contributed by atoms with Gasteiger partial charge in [0.2, 0.25) is 0 Å². The maximum atomic E-state index is 12.4. The van der Waals surface area contributed by atoms with Crippen molar-refractivity contribution in [1.82, 2.24) is 0 Å². The van der Waals surface area contributed by atoms with E-state index in [1.54, 1.807) is 13.0 Å². The van der Waals surface area contributed by atoms with E-state index in [0.717, 1.165) is 5.56 Å². The van der Waals surface area contributed by atoms with Gasteiger partial charge < -0.3 is 14.6 Å². The smallest absolute Gasteiger partial charge is 0.351 e. The molecular weight excluding hydrogens is 296 g/mol. The monoisotopic (exact) mass is 314 g/mol. The number of rotatable bonds is 3. The predicted molar refractivity (Wildman–Crippen MR) is 83.0 cm³/mol. The van der Waals surface area contributed by atoms with E-state index in [0.29, 0.717) is 25.0 Å². The highest BCUT2D eigenvalue weighted by Gasteiger charge is 2.56. The van der Waals surface area contributed by atoms with E-state index in [1.165, 1.54) is 0 Å². The van der Waals surface area contributed by atoms with Gasteiger partial charge in [0.1, 0.15) is 5.76 Å². The molecule has 1 aromatic rings. The molecule has 0 unspecified atom stereocenters. The summed E-state index contributed by atoms with van der Waals surface area (Å²) in [5.74, 6) is -0.734. The molecule has 1 atom stereocenters. The van der Waals surface area contributed by atoms with Gasteiger partial charge in [-0.05, 0) is 25.0 Å². The molecule has 0 bridgehead atoms. The van der Waals surface area contributed by atoms with Gasteiger partial charge in [0, 0.05) is 12.8 Å². The van der Waals surface area contributed by atoms with Gasteiger partial charge in [-0.3, -0.25) is 4.79 Å². The number of carbonyl (C=O) groups is 2. The molecule has 0 aromatic heterocycles. The van der Waals surface area contributed by atoms with Gasteiger partial charge >= 0.3 is 5.97 Å². The molecule has 1 aliphatic heterocycles. The van der Waals surface area contributed by atoms with Crippen molar-refractivity contribution < 1.29 is 24.2 Å². The highest BCUT2D eigenvalue weighted by atomic mass is 16.6. The predicted octanol–water partition coefficient (Wildman–Crippen LogP) is 2.36. The van der Waals surface area contributed by atoms with Gasteiger partial charge in [-0.2, -0.15) is 0 Å². The summed E-state index contributed by atoms with van der Waals surface area (Å²) in [5, 5.41) is 11.0. The number of esters is 1. The molecule has 0 spiro atoms. The second-order valence-electron chi connectivity index (χ2n) is 5.53. The fraction of sp³-hybridized carbons (Fsp3) is 0.333. The summed E-state index contributed by atoms with van der Waals surface area (Å²) in [5.41, 5.74) is -1.36. The fourth-order valence-electron chi connectivity index (χ4n) is 2.92. The molecule has 1 N–H and O–H groups in total. The lowest BCUT2D eigenvalue weighted by Crippen LogP contribution is -2.44. The van der Waals surface area contributed by atoms with Gasteiger partial charge in [0.05, 0.1) is 12.2 Å². The Morgan fingerprint density at radius 3 is 2.78 bits per heavy atom. The maximum absolute atomic E-state index is 12.4. The third-order valence-corrected chi connectivity index (χ3v) is 3.99. The highest BCUT2D eigenvalue weighted by molar-refractivity contribution is 6.08. The second kappa shape index (κ2) is 6.01. The van der Waals surface area contributed by atoms with Gasteiger partial charge in [0.15, 0.2) is 11.5 Å². The van der Waals surface area contributed by atoms with E-state index in [2.05, 4.69) is 0 Å². The number of aliphatic hydroxyl groups is 1. The molecule has 120 valence electrons. The van der Waals surface area contributed by atoms with Crippen molar-refractivity contribution >= 4 is 17.8 Å². The molecule has 3 rings (SSSR count). The van der Waals surface area contributed by atoms with E-state index in [-0.39, 0.29) is 23.7 Å². The summed E-state index contributed by atoms with van der Waals surface area (Å²) in [6, 6.07) is 9.18. The molecule has 1 aromatic carbocycles. The molecule has 0 amide bonds. The lowest BCUT2D eigenvalue weighted by atomic mass is 9.84. The molecule has 0 saturated heterocycles. The minimum Gasteiger partial charge on any atom is -0.463 e. The van der Waals surface area contributed by atoms with Crippen molar-refractivity contribution in [3.8, 4) is 0 Å². The summed E-state index contributed by atoms with van der Waals surface area (Å²) in [6.45, 7) is 1.76. The van der Waals surface area contributed by atoms with Crippen molar-refractivity contribution in [2.24, 2.45) is 0 Å². The van der Waals surface area contributed by atoms with Crippen LogP contribution in [0.25, 0.3) is 6.08 Å². The van der Waals surface area contributed by atoms with Crippen LogP contribution in [0.2, 0.25) is 0 Å². The molecule has 5 nitrogen and oxygen atoms in total. The van der Waals surface area contributed by atoms with E-state index >= 15 is 0 Å². The van der Waals surface area contributed by atoms with Crippen LogP contribution >= 0.6 is 0 Å². The van der Waals surface area contributed by atoms with Crippen LogP contribution in [-0.4, -0.2) is 29.1 Å². The molecule has 0 fully saturated rings. The average Bonchev–Trinajstić information content (AvgIpc) is 2.83. The molecule has 1 heterocycles. The van der Waals surface area contributed by atoms with Crippen molar-refractivity contribution in [3.63, 3.8) is 0 Å². The van der Waals surface area contributed by atoms with Crippen LogP contribution in [0.15, 0.2) is 47.4 Å². The Morgan fingerprint density at radius 2 is 2.09 bits per heavy atom. The Hall–Kier alpha value is -2.40. The van der Waals surface area contributed by atoms with Crippen LogP contribution < -0.4 is 0 Å². The first-order valence-corrected chi connectivity index (χ1v) is 7.69. The van der Waals surface area contributed by atoms with Crippen LogP contribution in [0.4, 0.5) is 0 Å². The molecular formula is C18H18O5. The number of Topliss-reactive ketones (excluding diaryl/α,β-unsaturated/α-hetero) is 1. The first-order chi connectivity index (χ1) is 11.1. The van der Waals surface area contributed by atoms with E-state index in [9.17, 15) is 14.7 Å². The number of hydrogen-bond donors (Lipinski definition) is 1. The van der Waals surface area contributed by atoms with Crippen LogP contribution in [-0.2, 0) is 19.1 Å².